The number of hydrogen-bond acceptors (Lipinski definition) is 11. The van der Waals surface area contributed by atoms with Gasteiger partial charge in [-0.25, -0.2) is 9.78 Å². The maximum atomic E-state index is 13.1. The summed E-state index contributed by atoms with van der Waals surface area (Å²) in [4.78, 5) is 82.4. The van der Waals surface area contributed by atoms with Crippen LogP contribution in [0, 0.1) is 0 Å². The quantitative estimate of drug-likeness (QED) is 0.0442. The fourth-order valence-electron chi connectivity index (χ4n) is 4.04. The summed E-state index contributed by atoms with van der Waals surface area (Å²) in [5.74, 6) is -4.69. The van der Waals surface area contributed by atoms with Crippen LogP contribution in [0.15, 0.2) is 12.5 Å². The number of carboxylic acids is 1. The van der Waals surface area contributed by atoms with E-state index in [1.807, 2.05) is 0 Å². The summed E-state index contributed by atoms with van der Waals surface area (Å²) in [5, 5.41) is 22.0. The number of imidazole rings is 1. The van der Waals surface area contributed by atoms with Crippen LogP contribution in [0.3, 0.4) is 0 Å². The number of aliphatic carboxylic acids is 1. The van der Waals surface area contributed by atoms with E-state index in [1.165, 1.54) is 26.4 Å². The van der Waals surface area contributed by atoms with Gasteiger partial charge in [-0.05, 0) is 59.0 Å². The minimum Gasteiger partial charge on any atom is -0.480 e. The third-order valence-electron chi connectivity index (χ3n) is 6.80. The number of nitrogens with zero attached hydrogens (tertiary/aromatic N) is 1. The van der Waals surface area contributed by atoms with Crippen molar-refractivity contribution in [1.29, 1.82) is 0 Å². The lowest BCUT2D eigenvalue weighted by Crippen LogP contribution is -2.58. The van der Waals surface area contributed by atoms with Gasteiger partial charge in [0.15, 0.2) is 0 Å². The Morgan fingerprint density at radius 2 is 1.29 bits per heavy atom. The first kappa shape index (κ1) is 39.3. The Hall–Kier alpha value is -3.74. The number of aromatic amines is 1. The summed E-state index contributed by atoms with van der Waals surface area (Å²) in [6.07, 6.45) is 5.77. The van der Waals surface area contributed by atoms with Crippen LogP contribution in [0.1, 0.15) is 58.1 Å². The highest BCUT2D eigenvalue weighted by molar-refractivity contribution is 7.80. The van der Waals surface area contributed by atoms with Crippen molar-refractivity contribution in [3.63, 3.8) is 0 Å². The number of hydrogen-bond donors (Lipinski definition) is 11. The molecule has 0 radical (unpaired) electrons. The fourth-order valence-corrected chi connectivity index (χ4v) is 4.30. The highest BCUT2D eigenvalue weighted by Crippen LogP contribution is 2.05. The zero-order chi connectivity index (χ0) is 33.9. The van der Waals surface area contributed by atoms with Crippen molar-refractivity contribution < 1.29 is 33.9 Å². The Labute approximate surface area is 267 Å². The van der Waals surface area contributed by atoms with Crippen molar-refractivity contribution in [3.8, 4) is 0 Å². The molecule has 5 amide bonds. The average molecular weight is 657 g/mol. The summed E-state index contributed by atoms with van der Waals surface area (Å²) in [7, 11) is 0. The maximum absolute atomic E-state index is 13.1. The van der Waals surface area contributed by atoms with E-state index < -0.39 is 71.8 Å². The zero-order valence-corrected chi connectivity index (χ0v) is 26.6. The van der Waals surface area contributed by atoms with Crippen LogP contribution in [0.4, 0.5) is 0 Å². The molecule has 0 bridgehead atoms. The van der Waals surface area contributed by atoms with Gasteiger partial charge < -0.3 is 53.9 Å². The molecule has 17 nitrogen and oxygen atoms in total. The van der Waals surface area contributed by atoms with Gasteiger partial charge in [0.05, 0.1) is 12.4 Å². The third kappa shape index (κ3) is 14.7. The molecule has 254 valence electrons. The minimum atomic E-state index is -1.23. The number of nitrogens with two attached hydrogens (primary N) is 3. The van der Waals surface area contributed by atoms with E-state index in [0.717, 1.165) is 0 Å². The van der Waals surface area contributed by atoms with Crippen LogP contribution in [0.5, 0.6) is 0 Å². The van der Waals surface area contributed by atoms with E-state index in [4.69, 9.17) is 17.2 Å². The molecule has 0 aliphatic heterocycles. The van der Waals surface area contributed by atoms with Gasteiger partial charge in [0.25, 0.3) is 0 Å². The van der Waals surface area contributed by atoms with Crippen molar-refractivity contribution in [2.75, 3.05) is 18.8 Å². The van der Waals surface area contributed by atoms with Crippen LogP contribution in [0.25, 0.3) is 0 Å². The lowest BCUT2D eigenvalue weighted by Gasteiger charge is -2.24. The molecule has 0 spiro atoms. The Bertz CT molecular complexity index is 1110. The first-order valence-electron chi connectivity index (χ1n) is 14.8. The number of unbranched alkanes of at least 4 members (excludes halogenated alkanes) is 2. The number of amides is 5. The summed E-state index contributed by atoms with van der Waals surface area (Å²) in [5.41, 5.74) is 17.3. The van der Waals surface area contributed by atoms with E-state index in [2.05, 4.69) is 49.2 Å². The molecule has 0 aliphatic carbocycles. The molecule has 45 heavy (non-hydrogen) atoms. The molecule has 13 N–H and O–H groups in total. The Balaban J connectivity index is 2.79. The minimum absolute atomic E-state index is 0.0344. The van der Waals surface area contributed by atoms with Gasteiger partial charge in [-0.3, -0.25) is 24.0 Å². The molecule has 18 heteroatoms. The maximum Gasteiger partial charge on any atom is 0.326 e. The summed E-state index contributed by atoms with van der Waals surface area (Å²) < 4.78 is 0. The van der Waals surface area contributed by atoms with Gasteiger partial charge in [0.2, 0.25) is 29.5 Å². The van der Waals surface area contributed by atoms with Crippen molar-refractivity contribution in [2.24, 2.45) is 17.2 Å². The van der Waals surface area contributed by atoms with E-state index in [0.29, 0.717) is 50.9 Å². The van der Waals surface area contributed by atoms with Crippen LogP contribution in [0.2, 0.25) is 0 Å². The number of carbonyl (C=O) groups is 6. The number of H-pyrrole nitrogens is 1. The monoisotopic (exact) mass is 656 g/mol. The number of carbonyl (C=O) groups excluding carboxylic acids is 5. The molecule has 0 fully saturated rings. The lowest BCUT2D eigenvalue weighted by molar-refractivity contribution is -0.142. The van der Waals surface area contributed by atoms with Gasteiger partial charge in [-0.15, -0.1) is 0 Å². The third-order valence-corrected chi connectivity index (χ3v) is 7.16. The molecule has 0 aromatic carbocycles. The van der Waals surface area contributed by atoms with Gasteiger partial charge in [0.1, 0.15) is 30.2 Å². The second-order valence-electron chi connectivity index (χ2n) is 10.6. The molecule has 1 aromatic heterocycles. The van der Waals surface area contributed by atoms with Crippen molar-refractivity contribution in [1.82, 2.24) is 36.6 Å². The molecule has 0 unspecified atom stereocenters. The van der Waals surface area contributed by atoms with E-state index in [-0.39, 0.29) is 18.6 Å². The molecule has 0 aliphatic rings. The van der Waals surface area contributed by atoms with E-state index in [9.17, 15) is 33.9 Å². The number of carboxylic acid groups (broad SMARTS) is 1. The first-order valence-corrected chi connectivity index (χ1v) is 15.5. The van der Waals surface area contributed by atoms with Gasteiger partial charge in [0, 0.05) is 24.1 Å². The Morgan fingerprint density at radius 1 is 0.778 bits per heavy atom. The Kier molecular flexibility index (Phi) is 18.4. The van der Waals surface area contributed by atoms with Crippen LogP contribution >= 0.6 is 12.6 Å². The molecule has 1 aromatic rings. The van der Waals surface area contributed by atoms with Crippen molar-refractivity contribution in [3.05, 3.63) is 18.2 Å². The van der Waals surface area contributed by atoms with Gasteiger partial charge in [-0.1, -0.05) is 6.42 Å². The SMILES string of the molecule is C[C@H](NC(=O)[C@H](C)NC(=O)[C@H](CS)NC(=O)[C@@H](N)CCCCN)C(=O)N[C@@H](Cc1cnc[nH]1)C(=O)N[C@@H](CCCCN)C(=O)O. The van der Waals surface area contributed by atoms with Crippen molar-refractivity contribution in [2.45, 2.75) is 95.0 Å². The molecular formula is C27H48N10O7S. The van der Waals surface area contributed by atoms with E-state index in [1.54, 1.807) is 0 Å². The highest BCUT2D eigenvalue weighted by Gasteiger charge is 2.30. The zero-order valence-electron chi connectivity index (χ0n) is 25.7. The molecule has 1 rings (SSSR count). The van der Waals surface area contributed by atoms with Crippen LogP contribution < -0.4 is 43.8 Å². The highest BCUT2D eigenvalue weighted by atomic mass is 32.1. The molecular weight excluding hydrogens is 608 g/mol. The van der Waals surface area contributed by atoms with Gasteiger partial charge >= 0.3 is 5.97 Å². The molecule has 6 atom stereocenters. The first-order chi connectivity index (χ1) is 21.3. The summed E-state index contributed by atoms with van der Waals surface area (Å²) >= 11 is 4.11. The summed E-state index contributed by atoms with van der Waals surface area (Å²) in [6.45, 7) is 3.61. The number of thiol groups is 1. The molecule has 0 saturated carbocycles. The lowest BCUT2D eigenvalue weighted by atomic mass is 10.1. The second kappa shape index (κ2) is 21.1. The largest absolute Gasteiger partial charge is 0.480 e. The second-order valence-corrected chi connectivity index (χ2v) is 11.0. The van der Waals surface area contributed by atoms with Crippen LogP contribution in [-0.2, 0) is 35.2 Å². The fraction of sp³-hybridized carbons (Fsp3) is 0.667. The number of nitrogens with one attached hydrogen (secondary N) is 6. The normalized spacial score (nSPS) is 15.0. The topological polar surface area (TPSA) is 290 Å². The van der Waals surface area contributed by atoms with Crippen LogP contribution in [-0.4, -0.2) is 106 Å². The van der Waals surface area contributed by atoms with Gasteiger partial charge in [-0.2, -0.15) is 12.6 Å². The number of aromatic nitrogens is 2. The number of rotatable bonds is 22. The molecule has 0 saturated heterocycles. The predicted octanol–water partition coefficient (Wildman–Crippen LogP) is -2.98. The standard InChI is InChI=1S/C27H48N10O7S/c1-15(34-26(42)21(13-45)37-24(40)18(30)7-3-5-9-28)22(38)33-16(2)23(39)36-20(11-17-12-31-14-32-17)25(41)35-19(27(43)44)8-4-6-10-29/h12,14-16,18-21,45H,3-11,13,28-30H2,1-2H3,(H,31,32)(H,33,38)(H,34,42)(H,35,41)(H,36,39)(H,37,40)(H,43,44)/t15-,16-,18-,19-,20-,21-/m0/s1. The van der Waals surface area contributed by atoms with E-state index >= 15 is 0 Å². The Morgan fingerprint density at radius 3 is 1.82 bits per heavy atom. The summed E-state index contributed by atoms with van der Waals surface area (Å²) in [6, 6.07) is -6.56. The molecule has 1 heterocycles. The average Bonchev–Trinajstić information content (AvgIpc) is 3.51. The predicted molar refractivity (Wildman–Crippen MR) is 169 cm³/mol. The van der Waals surface area contributed by atoms with Crippen molar-refractivity contribution >= 4 is 48.1 Å². The smallest absolute Gasteiger partial charge is 0.326 e.